The summed E-state index contributed by atoms with van der Waals surface area (Å²) < 4.78 is 13.4. The van der Waals surface area contributed by atoms with Gasteiger partial charge < -0.3 is 5.32 Å². The molecular weight excluding hydrogens is 253 g/mol. The number of nitro groups is 1. The number of carbonyl (C=O) groups is 1. The molecule has 2 rings (SSSR count). The van der Waals surface area contributed by atoms with Gasteiger partial charge in [0.05, 0.1) is 4.92 Å². The number of hydrogen-bond acceptors (Lipinski definition) is 4. The molecule has 2 aromatic rings. The van der Waals surface area contributed by atoms with Crippen LogP contribution in [0.5, 0.6) is 0 Å². The van der Waals surface area contributed by atoms with Crippen molar-refractivity contribution in [2.24, 2.45) is 0 Å². The van der Waals surface area contributed by atoms with Crippen LogP contribution in [0, 0.1) is 15.9 Å². The van der Waals surface area contributed by atoms with Crippen molar-refractivity contribution >= 4 is 17.4 Å². The summed E-state index contributed by atoms with van der Waals surface area (Å²) in [6, 6.07) is 7.87. The van der Waals surface area contributed by atoms with Crippen LogP contribution in [-0.2, 0) is 0 Å². The molecule has 0 atom stereocenters. The van der Waals surface area contributed by atoms with Gasteiger partial charge in [-0.2, -0.15) is 4.39 Å². The third-order valence-corrected chi connectivity index (χ3v) is 2.31. The number of nitrogens with zero attached hydrogens (tertiary/aromatic N) is 2. The van der Waals surface area contributed by atoms with Crippen LogP contribution in [0.15, 0.2) is 42.6 Å². The minimum Gasteiger partial charge on any atom is -0.307 e. The van der Waals surface area contributed by atoms with Gasteiger partial charge in [-0.1, -0.05) is 6.07 Å². The van der Waals surface area contributed by atoms with E-state index in [1.54, 1.807) is 18.2 Å². The second kappa shape index (κ2) is 5.21. The lowest BCUT2D eigenvalue weighted by Crippen LogP contribution is -2.13. The monoisotopic (exact) mass is 261 g/mol. The minimum absolute atomic E-state index is 0.0197. The number of hydrogen-bond donors (Lipinski definition) is 1. The topological polar surface area (TPSA) is 85.1 Å². The molecule has 1 aromatic heterocycles. The molecule has 6 nitrogen and oxygen atoms in total. The number of amides is 1. The van der Waals surface area contributed by atoms with E-state index in [4.69, 9.17) is 0 Å². The first-order valence-corrected chi connectivity index (χ1v) is 5.24. The zero-order valence-electron chi connectivity index (χ0n) is 9.54. The number of halogens is 1. The Morgan fingerprint density at radius 3 is 2.68 bits per heavy atom. The summed E-state index contributed by atoms with van der Waals surface area (Å²) in [5, 5.41) is 12.9. The van der Waals surface area contributed by atoms with Gasteiger partial charge in [0.2, 0.25) is 5.82 Å². The van der Waals surface area contributed by atoms with Crippen molar-refractivity contribution < 1.29 is 14.1 Å². The third kappa shape index (κ3) is 2.89. The van der Waals surface area contributed by atoms with Crippen molar-refractivity contribution in [1.29, 1.82) is 0 Å². The third-order valence-electron chi connectivity index (χ3n) is 2.31. The van der Waals surface area contributed by atoms with Crippen LogP contribution < -0.4 is 5.32 Å². The van der Waals surface area contributed by atoms with Gasteiger partial charge in [-0.15, -0.1) is 0 Å². The van der Waals surface area contributed by atoms with Gasteiger partial charge in [0.15, 0.2) is 0 Å². The molecule has 0 saturated heterocycles. The maximum atomic E-state index is 13.4. The number of benzene rings is 1. The lowest BCUT2D eigenvalue weighted by Gasteiger charge is -2.04. The van der Waals surface area contributed by atoms with Gasteiger partial charge in [-0.3, -0.25) is 14.9 Å². The Morgan fingerprint density at radius 1 is 1.32 bits per heavy atom. The number of anilines is 1. The van der Waals surface area contributed by atoms with Crippen molar-refractivity contribution in [3.8, 4) is 0 Å². The molecule has 0 fully saturated rings. The SMILES string of the molecule is O=C(Nc1ccccn1)c1ccc([N+](=O)[O-])c(F)c1. The fraction of sp³-hybridized carbons (Fsp3) is 0. The van der Waals surface area contributed by atoms with Crippen LogP contribution in [0.1, 0.15) is 10.4 Å². The molecule has 0 radical (unpaired) electrons. The quantitative estimate of drug-likeness (QED) is 0.679. The second-order valence-corrected chi connectivity index (χ2v) is 3.59. The molecule has 0 aliphatic rings. The summed E-state index contributed by atoms with van der Waals surface area (Å²) in [5.41, 5.74) is -0.692. The number of pyridine rings is 1. The lowest BCUT2D eigenvalue weighted by molar-refractivity contribution is -0.387. The van der Waals surface area contributed by atoms with Gasteiger partial charge in [0, 0.05) is 17.8 Å². The van der Waals surface area contributed by atoms with E-state index in [1.165, 1.54) is 12.3 Å². The summed E-state index contributed by atoms with van der Waals surface area (Å²) in [7, 11) is 0. The highest BCUT2D eigenvalue weighted by atomic mass is 19.1. The smallest absolute Gasteiger partial charge is 0.304 e. The van der Waals surface area contributed by atoms with E-state index in [0.717, 1.165) is 12.1 Å². The average molecular weight is 261 g/mol. The lowest BCUT2D eigenvalue weighted by atomic mass is 10.2. The summed E-state index contributed by atoms with van der Waals surface area (Å²) in [5.74, 6) is -1.34. The molecule has 0 spiro atoms. The number of nitrogens with one attached hydrogen (secondary N) is 1. The summed E-state index contributed by atoms with van der Waals surface area (Å²) in [6.45, 7) is 0. The number of nitro benzene ring substituents is 1. The van der Waals surface area contributed by atoms with E-state index in [0.29, 0.717) is 5.82 Å². The van der Waals surface area contributed by atoms with Crippen LogP contribution in [0.25, 0.3) is 0 Å². The predicted octanol–water partition coefficient (Wildman–Crippen LogP) is 2.38. The molecule has 0 aliphatic heterocycles. The summed E-state index contributed by atoms with van der Waals surface area (Å²) in [4.78, 5) is 25.2. The highest BCUT2D eigenvalue weighted by Crippen LogP contribution is 2.18. The first kappa shape index (κ1) is 12.6. The zero-order valence-corrected chi connectivity index (χ0v) is 9.54. The Labute approximate surface area is 107 Å². The van der Waals surface area contributed by atoms with Gasteiger partial charge in [0.25, 0.3) is 5.91 Å². The first-order chi connectivity index (χ1) is 9.08. The van der Waals surface area contributed by atoms with Crippen LogP contribution in [0.2, 0.25) is 0 Å². The molecule has 7 heteroatoms. The molecule has 96 valence electrons. The molecule has 0 unspecified atom stereocenters. The second-order valence-electron chi connectivity index (χ2n) is 3.59. The van der Waals surface area contributed by atoms with Crippen molar-refractivity contribution in [3.63, 3.8) is 0 Å². The van der Waals surface area contributed by atoms with Gasteiger partial charge >= 0.3 is 5.69 Å². The van der Waals surface area contributed by atoms with Gasteiger partial charge in [-0.05, 0) is 24.3 Å². The molecule has 0 bridgehead atoms. The average Bonchev–Trinajstić information content (AvgIpc) is 2.39. The van der Waals surface area contributed by atoms with E-state index < -0.39 is 22.3 Å². The first-order valence-electron chi connectivity index (χ1n) is 5.24. The van der Waals surface area contributed by atoms with Crippen LogP contribution in [0.3, 0.4) is 0 Å². The van der Waals surface area contributed by atoms with Crippen LogP contribution >= 0.6 is 0 Å². The Morgan fingerprint density at radius 2 is 2.11 bits per heavy atom. The van der Waals surface area contributed by atoms with Crippen molar-refractivity contribution in [2.75, 3.05) is 5.32 Å². The standard InChI is InChI=1S/C12H8FN3O3/c13-9-7-8(4-5-10(9)16(18)19)12(17)15-11-3-1-2-6-14-11/h1-7H,(H,14,15,17). The van der Waals surface area contributed by atoms with Crippen molar-refractivity contribution in [2.45, 2.75) is 0 Å². The normalized spacial score (nSPS) is 9.95. The molecule has 1 N–H and O–H groups in total. The van der Waals surface area contributed by atoms with Crippen molar-refractivity contribution in [3.05, 3.63) is 64.1 Å². The minimum atomic E-state index is -1.06. The van der Waals surface area contributed by atoms with Crippen molar-refractivity contribution in [1.82, 2.24) is 4.98 Å². The maximum Gasteiger partial charge on any atom is 0.304 e. The largest absolute Gasteiger partial charge is 0.307 e. The highest BCUT2D eigenvalue weighted by Gasteiger charge is 2.16. The van der Waals surface area contributed by atoms with E-state index in [2.05, 4.69) is 10.3 Å². The molecule has 1 heterocycles. The Balaban J connectivity index is 2.21. The maximum absolute atomic E-state index is 13.4. The van der Waals surface area contributed by atoms with Gasteiger partial charge in [-0.25, -0.2) is 4.98 Å². The fourth-order valence-electron chi connectivity index (χ4n) is 1.42. The summed E-state index contributed by atoms with van der Waals surface area (Å²) in [6.07, 6.45) is 1.49. The van der Waals surface area contributed by atoms with E-state index in [9.17, 15) is 19.3 Å². The number of rotatable bonds is 3. The zero-order chi connectivity index (χ0) is 13.8. The molecule has 19 heavy (non-hydrogen) atoms. The predicted molar refractivity (Wildman–Crippen MR) is 65.2 cm³/mol. The van der Waals surface area contributed by atoms with Crippen LogP contribution in [0.4, 0.5) is 15.9 Å². The Hall–Kier alpha value is -2.83. The Kier molecular flexibility index (Phi) is 3.46. The van der Waals surface area contributed by atoms with Gasteiger partial charge in [0.1, 0.15) is 5.82 Å². The van der Waals surface area contributed by atoms with Crippen LogP contribution in [-0.4, -0.2) is 15.8 Å². The molecular formula is C12H8FN3O3. The molecule has 1 aromatic carbocycles. The van der Waals surface area contributed by atoms with E-state index >= 15 is 0 Å². The highest BCUT2D eigenvalue weighted by molar-refractivity contribution is 6.03. The number of aromatic nitrogens is 1. The fourth-order valence-corrected chi connectivity index (χ4v) is 1.42. The van der Waals surface area contributed by atoms with E-state index in [-0.39, 0.29) is 5.56 Å². The summed E-state index contributed by atoms with van der Waals surface area (Å²) >= 11 is 0. The molecule has 0 aliphatic carbocycles. The molecule has 0 saturated carbocycles. The Bertz CT molecular complexity index is 631. The number of carbonyl (C=O) groups excluding carboxylic acids is 1. The van der Waals surface area contributed by atoms with E-state index in [1.807, 2.05) is 0 Å². The molecule has 1 amide bonds.